The highest BCUT2D eigenvalue weighted by Crippen LogP contribution is 2.30. The van der Waals surface area contributed by atoms with Crippen LogP contribution in [0, 0.1) is 0 Å². The number of ether oxygens (including phenoxy) is 1. The van der Waals surface area contributed by atoms with E-state index in [2.05, 4.69) is 20.8 Å². The van der Waals surface area contributed by atoms with Crippen LogP contribution < -0.4 is 4.74 Å². The summed E-state index contributed by atoms with van der Waals surface area (Å²) in [6.07, 6.45) is 1.16. The lowest BCUT2D eigenvalue weighted by atomic mass is 9.86. The number of hydrogen-bond donors (Lipinski definition) is 0. The highest BCUT2D eigenvalue weighted by Gasteiger charge is 2.18. The van der Waals surface area contributed by atoms with Crippen molar-refractivity contribution in [2.75, 3.05) is 12.2 Å². The molecule has 0 aliphatic rings. The van der Waals surface area contributed by atoms with Gasteiger partial charge in [-0.05, 0) is 17.0 Å². The molecule has 0 N–H and O–H groups in total. The van der Waals surface area contributed by atoms with Gasteiger partial charge in [0.05, 0.1) is 0 Å². The molecule has 0 amide bonds. The minimum atomic E-state index is -3.11. The Balaban J connectivity index is 2.97. The highest BCUT2D eigenvalue weighted by molar-refractivity contribution is 7.90. The Morgan fingerprint density at radius 3 is 2.25 bits per heavy atom. The van der Waals surface area contributed by atoms with Gasteiger partial charge in [0.2, 0.25) is 0 Å². The molecule has 0 unspecified atom stereocenters. The van der Waals surface area contributed by atoms with E-state index in [1.165, 1.54) is 0 Å². The molecule has 1 rings (SSSR count). The zero-order chi connectivity index (χ0) is 12.4. The molecule has 0 aromatic heterocycles. The normalized spacial score (nSPS) is 12.5. The van der Waals surface area contributed by atoms with E-state index in [1.54, 1.807) is 6.07 Å². The Hall–Kier alpha value is -1.03. The molecule has 0 spiro atoms. The first-order valence-electron chi connectivity index (χ1n) is 5.10. The Bertz CT molecular complexity index is 455. The van der Waals surface area contributed by atoms with Gasteiger partial charge in [-0.25, -0.2) is 8.42 Å². The van der Waals surface area contributed by atoms with Crippen molar-refractivity contribution in [1.29, 1.82) is 0 Å². The molecule has 1 aromatic carbocycles. The lowest BCUT2D eigenvalue weighted by Gasteiger charge is -2.22. The predicted molar refractivity (Wildman–Crippen MR) is 65.5 cm³/mol. The van der Waals surface area contributed by atoms with Crippen molar-refractivity contribution in [3.8, 4) is 5.75 Å². The van der Waals surface area contributed by atoms with E-state index in [0.717, 1.165) is 11.8 Å². The summed E-state index contributed by atoms with van der Waals surface area (Å²) in [5.74, 6) is 0.362. The lowest BCUT2D eigenvalue weighted by Crippen LogP contribution is -2.16. The topological polar surface area (TPSA) is 43.4 Å². The summed E-state index contributed by atoms with van der Waals surface area (Å²) in [7, 11) is -3.11. The second-order valence-electron chi connectivity index (χ2n) is 4.93. The van der Waals surface area contributed by atoms with Crippen molar-refractivity contribution < 1.29 is 13.2 Å². The fourth-order valence-electron chi connectivity index (χ4n) is 1.38. The maximum absolute atomic E-state index is 11.0. The number of para-hydroxylation sites is 1. The number of sulfone groups is 1. The van der Waals surface area contributed by atoms with Crippen LogP contribution in [0.15, 0.2) is 24.3 Å². The van der Waals surface area contributed by atoms with E-state index in [9.17, 15) is 8.42 Å². The van der Waals surface area contributed by atoms with Crippen molar-refractivity contribution in [3.05, 3.63) is 29.8 Å². The number of rotatable bonds is 3. The van der Waals surface area contributed by atoms with Gasteiger partial charge in [-0.15, -0.1) is 0 Å². The maximum atomic E-state index is 11.0. The minimum absolute atomic E-state index is 0.0614. The molecule has 3 nitrogen and oxygen atoms in total. The second kappa shape index (κ2) is 4.45. The van der Waals surface area contributed by atoms with Gasteiger partial charge in [0.25, 0.3) is 0 Å². The molecule has 16 heavy (non-hydrogen) atoms. The van der Waals surface area contributed by atoms with E-state index in [-0.39, 0.29) is 11.4 Å². The van der Waals surface area contributed by atoms with Crippen LogP contribution in [0.5, 0.6) is 5.75 Å². The molecule has 0 atom stereocenters. The van der Waals surface area contributed by atoms with Crippen LogP contribution in [-0.2, 0) is 15.3 Å². The quantitative estimate of drug-likeness (QED) is 0.817. The highest BCUT2D eigenvalue weighted by atomic mass is 32.2. The molecule has 0 aliphatic carbocycles. The molecule has 90 valence electrons. The summed E-state index contributed by atoms with van der Waals surface area (Å²) in [6, 6.07) is 7.52. The number of hydrogen-bond acceptors (Lipinski definition) is 3. The Labute approximate surface area is 97.4 Å². The second-order valence-corrected chi connectivity index (χ2v) is 7.02. The van der Waals surface area contributed by atoms with Gasteiger partial charge in [-0.3, -0.25) is 0 Å². The monoisotopic (exact) mass is 242 g/mol. The van der Waals surface area contributed by atoms with Crippen LogP contribution in [0.2, 0.25) is 0 Å². The van der Waals surface area contributed by atoms with Crippen molar-refractivity contribution in [2.45, 2.75) is 26.2 Å². The van der Waals surface area contributed by atoms with Crippen LogP contribution in [0.1, 0.15) is 26.3 Å². The zero-order valence-electron chi connectivity index (χ0n) is 10.1. The average Bonchev–Trinajstić information content (AvgIpc) is 2.12. The standard InChI is InChI=1S/C12H18O3S/c1-12(2,3)10-7-5-6-8-11(10)15-9-16(4,13)14/h5-8H,9H2,1-4H3. The third-order valence-corrected chi connectivity index (χ3v) is 2.67. The van der Waals surface area contributed by atoms with Crippen LogP contribution >= 0.6 is 0 Å². The van der Waals surface area contributed by atoms with Crippen LogP contribution in [0.25, 0.3) is 0 Å². The molecular formula is C12H18O3S. The fourth-order valence-corrected chi connectivity index (χ4v) is 1.72. The maximum Gasteiger partial charge on any atom is 0.188 e. The summed E-state index contributed by atoms with van der Waals surface area (Å²) in [5, 5.41) is 0. The van der Waals surface area contributed by atoms with Gasteiger partial charge in [-0.1, -0.05) is 39.0 Å². The van der Waals surface area contributed by atoms with E-state index in [4.69, 9.17) is 4.74 Å². The largest absolute Gasteiger partial charge is 0.477 e. The van der Waals surface area contributed by atoms with Gasteiger partial charge < -0.3 is 4.74 Å². The third-order valence-electron chi connectivity index (χ3n) is 2.12. The van der Waals surface area contributed by atoms with E-state index < -0.39 is 9.84 Å². The summed E-state index contributed by atoms with van der Waals surface area (Å²) < 4.78 is 27.4. The van der Waals surface area contributed by atoms with Gasteiger partial charge in [0, 0.05) is 6.26 Å². The van der Waals surface area contributed by atoms with E-state index in [1.807, 2.05) is 18.2 Å². The first kappa shape index (κ1) is 13.0. The Morgan fingerprint density at radius 2 is 1.75 bits per heavy atom. The third kappa shape index (κ3) is 3.85. The minimum Gasteiger partial charge on any atom is -0.477 e. The van der Waals surface area contributed by atoms with Crippen LogP contribution in [0.3, 0.4) is 0 Å². The molecule has 0 saturated carbocycles. The molecule has 1 aromatic rings. The van der Waals surface area contributed by atoms with Crippen molar-refractivity contribution in [3.63, 3.8) is 0 Å². The van der Waals surface area contributed by atoms with E-state index >= 15 is 0 Å². The Kier molecular flexibility index (Phi) is 3.63. The molecule has 4 heteroatoms. The average molecular weight is 242 g/mol. The number of benzene rings is 1. The van der Waals surface area contributed by atoms with Gasteiger partial charge >= 0.3 is 0 Å². The first-order chi connectivity index (χ1) is 7.20. The predicted octanol–water partition coefficient (Wildman–Crippen LogP) is 2.37. The molecule has 0 aliphatic heterocycles. The van der Waals surface area contributed by atoms with Crippen LogP contribution in [0.4, 0.5) is 0 Å². The van der Waals surface area contributed by atoms with E-state index in [0.29, 0.717) is 5.75 Å². The molecule has 0 saturated heterocycles. The molecule has 0 bridgehead atoms. The summed E-state index contributed by atoms with van der Waals surface area (Å²) in [6.45, 7) is 6.20. The summed E-state index contributed by atoms with van der Waals surface area (Å²) >= 11 is 0. The molecular weight excluding hydrogens is 224 g/mol. The SMILES string of the molecule is CC(C)(C)c1ccccc1OCS(C)(=O)=O. The summed E-state index contributed by atoms with van der Waals surface area (Å²) in [5.41, 5.74) is 0.951. The van der Waals surface area contributed by atoms with Crippen LogP contribution in [-0.4, -0.2) is 20.6 Å². The molecule has 0 heterocycles. The molecule has 0 fully saturated rings. The lowest BCUT2D eigenvalue weighted by molar-refractivity contribution is 0.365. The fraction of sp³-hybridized carbons (Fsp3) is 0.500. The van der Waals surface area contributed by atoms with Gasteiger partial charge in [-0.2, -0.15) is 0 Å². The smallest absolute Gasteiger partial charge is 0.188 e. The van der Waals surface area contributed by atoms with Crippen molar-refractivity contribution in [2.24, 2.45) is 0 Å². The van der Waals surface area contributed by atoms with Crippen molar-refractivity contribution in [1.82, 2.24) is 0 Å². The van der Waals surface area contributed by atoms with Gasteiger partial charge in [0.1, 0.15) is 5.75 Å². The van der Waals surface area contributed by atoms with Gasteiger partial charge in [0.15, 0.2) is 15.8 Å². The zero-order valence-corrected chi connectivity index (χ0v) is 11.0. The first-order valence-corrected chi connectivity index (χ1v) is 7.16. The molecule has 0 radical (unpaired) electrons. The summed E-state index contributed by atoms with van der Waals surface area (Å²) in [4.78, 5) is 0. The van der Waals surface area contributed by atoms with Crippen molar-refractivity contribution >= 4 is 9.84 Å². The Morgan fingerprint density at radius 1 is 1.19 bits per heavy atom.